The average Bonchev–Trinajstić information content (AvgIpc) is 2.80. The van der Waals surface area contributed by atoms with Gasteiger partial charge in [-0.25, -0.2) is 4.39 Å². The van der Waals surface area contributed by atoms with Gasteiger partial charge in [-0.3, -0.25) is 4.90 Å². The standard InChI is InChI=1S/C18H25FN2O/c19-13-3-5-14(6-4-13)20-9-1-2-17(12-20)21-15-7-8-16(21)11-18(22)10-15/h3-6,15-18,22H,1-2,7-12H2/t15?,16?,17-,18?/m0/s1. The van der Waals surface area contributed by atoms with Crippen LogP contribution in [0.25, 0.3) is 0 Å². The summed E-state index contributed by atoms with van der Waals surface area (Å²) in [6, 6.07) is 8.64. The van der Waals surface area contributed by atoms with Gasteiger partial charge in [0, 0.05) is 36.9 Å². The fourth-order valence-corrected chi connectivity index (χ4v) is 4.87. The van der Waals surface area contributed by atoms with E-state index in [1.807, 2.05) is 12.1 Å². The van der Waals surface area contributed by atoms with E-state index in [9.17, 15) is 9.50 Å². The summed E-state index contributed by atoms with van der Waals surface area (Å²) in [5, 5.41) is 9.99. The number of hydrogen-bond donors (Lipinski definition) is 1. The minimum atomic E-state index is -0.166. The number of aliphatic hydroxyl groups is 1. The molecule has 2 bridgehead atoms. The van der Waals surface area contributed by atoms with Crippen LogP contribution in [0.3, 0.4) is 0 Å². The zero-order valence-corrected chi connectivity index (χ0v) is 13.0. The second-order valence-corrected chi connectivity index (χ2v) is 7.18. The van der Waals surface area contributed by atoms with E-state index in [4.69, 9.17) is 0 Å². The van der Waals surface area contributed by atoms with E-state index in [0.717, 1.165) is 31.6 Å². The first-order valence-corrected chi connectivity index (χ1v) is 8.67. The Kier molecular flexibility index (Phi) is 3.82. The van der Waals surface area contributed by atoms with Crippen molar-refractivity contribution in [2.75, 3.05) is 18.0 Å². The summed E-state index contributed by atoms with van der Waals surface area (Å²) in [4.78, 5) is 5.11. The topological polar surface area (TPSA) is 26.7 Å². The highest BCUT2D eigenvalue weighted by molar-refractivity contribution is 5.46. The summed E-state index contributed by atoms with van der Waals surface area (Å²) in [7, 11) is 0. The Bertz CT molecular complexity index is 506. The first-order valence-electron chi connectivity index (χ1n) is 8.67. The Morgan fingerprint density at radius 1 is 0.955 bits per heavy atom. The quantitative estimate of drug-likeness (QED) is 0.910. The molecule has 0 amide bonds. The van der Waals surface area contributed by atoms with Crippen molar-refractivity contribution in [3.8, 4) is 0 Å². The molecule has 1 aromatic carbocycles. The lowest BCUT2D eigenvalue weighted by Crippen LogP contribution is -2.55. The molecule has 1 aromatic rings. The molecule has 3 atom stereocenters. The summed E-state index contributed by atoms with van der Waals surface area (Å²) in [6.45, 7) is 2.10. The molecule has 3 nitrogen and oxygen atoms in total. The van der Waals surface area contributed by atoms with Crippen LogP contribution in [-0.4, -0.2) is 47.3 Å². The summed E-state index contributed by atoms with van der Waals surface area (Å²) >= 11 is 0. The molecular formula is C18H25FN2O. The molecular weight excluding hydrogens is 279 g/mol. The van der Waals surface area contributed by atoms with Gasteiger partial charge in [-0.05, 0) is 62.8 Å². The lowest BCUT2D eigenvalue weighted by Gasteiger charge is -2.46. The highest BCUT2D eigenvalue weighted by atomic mass is 19.1. The Labute approximate surface area is 131 Å². The molecule has 0 aliphatic carbocycles. The van der Waals surface area contributed by atoms with Crippen LogP contribution in [0.4, 0.5) is 10.1 Å². The molecule has 3 heterocycles. The van der Waals surface area contributed by atoms with Crippen LogP contribution in [0, 0.1) is 5.82 Å². The maximum atomic E-state index is 13.1. The monoisotopic (exact) mass is 304 g/mol. The normalized spacial score (nSPS) is 35.8. The molecule has 0 aromatic heterocycles. The molecule has 22 heavy (non-hydrogen) atoms. The first kappa shape index (κ1) is 14.5. The van der Waals surface area contributed by atoms with E-state index in [1.165, 1.54) is 25.7 Å². The minimum absolute atomic E-state index is 0.0921. The van der Waals surface area contributed by atoms with E-state index < -0.39 is 0 Å². The number of anilines is 1. The average molecular weight is 304 g/mol. The minimum Gasteiger partial charge on any atom is -0.393 e. The van der Waals surface area contributed by atoms with E-state index in [-0.39, 0.29) is 11.9 Å². The Morgan fingerprint density at radius 2 is 1.64 bits per heavy atom. The Hall–Kier alpha value is -1.13. The maximum Gasteiger partial charge on any atom is 0.123 e. The van der Waals surface area contributed by atoms with Gasteiger partial charge >= 0.3 is 0 Å². The van der Waals surface area contributed by atoms with Gasteiger partial charge < -0.3 is 10.0 Å². The van der Waals surface area contributed by atoms with Gasteiger partial charge in [0.2, 0.25) is 0 Å². The molecule has 3 fully saturated rings. The molecule has 0 saturated carbocycles. The third-order valence-electron chi connectivity index (χ3n) is 5.77. The Balaban J connectivity index is 1.48. The third kappa shape index (κ3) is 2.63. The van der Waals surface area contributed by atoms with Crippen LogP contribution >= 0.6 is 0 Å². The van der Waals surface area contributed by atoms with Crippen LogP contribution in [0.1, 0.15) is 38.5 Å². The number of fused-ring (bicyclic) bond motifs is 2. The van der Waals surface area contributed by atoms with Gasteiger partial charge in [-0.15, -0.1) is 0 Å². The van der Waals surface area contributed by atoms with Gasteiger partial charge in [0.25, 0.3) is 0 Å². The van der Waals surface area contributed by atoms with E-state index in [2.05, 4.69) is 9.80 Å². The lowest BCUT2D eigenvalue weighted by molar-refractivity contribution is 0.00682. The molecule has 0 radical (unpaired) electrons. The molecule has 3 saturated heterocycles. The van der Waals surface area contributed by atoms with Crippen molar-refractivity contribution in [3.63, 3.8) is 0 Å². The van der Waals surface area contributed by atoms with Crippen molar-refractivity contribution < 1.29 is 9.50 Å². The lowest BCUT2D eigenvalue weighted by atomic mass is 9.94. The van der Waals surface area contributed by atoms with Gasteiger partial charge in [-0.1, -0.05) is 0 Å². The van der Waals surface area contributed by atoms with Crippen LogP contribution < -0.4 is 4.90 Å². The van der Waals surface area contributed by atoms with Crippen molar-refractivity contribution in [1.82, 2.24) is 4.90 Å². The summed E-state index contributed by atoms with van der Waals surface area (Å²) < 4.78 is 13.1. The fraction of sp³-hybridized carbons (Fsp3) is 0.667. The second-order valence-electron chi connectivity index (χ2n) is 7.18. The predicted octanol–water partition coefficient (Wildman–Crippen LogP) is 2.78. The largest absolute Gasteiger partial charge is 0.393 e. The predicted molar refractivity (Wildman–Crippen MR) is 85.5 cm³/mol. The number of hydrogen-bond acceptors (Lipinski definition) is 3. The molecule has 120 valence electrons. The first-order chi connectivity index (χ1) is 10.7. The van der Waals surface area contributed by atoms with Crippen molar-refractivity contribution in [2.24, 2.45) is 0 Å². The summed E-state index contributed by atoms with van der Waals surface area (Å²) in [5.41, 5.74) is 1.13. The molecule has 3 aliphatic heterocycles. The molecule has 1 N–H and O–H groups in total. The van der Waals surface area contributed by atoms with Gasteiger partial charge in [0.1, 0.15) is 5.82 Å². The van der Waals surface area contributed by atoms with Crippen molar-refractivity contribution in [2.45, 2.75) is 62.8 Å². The number of nitrogens with zero attached hydrogens (tertiary/aromatic N) is 2. The fourth-order valence-electron chi connectivity index (χ4n) is 4.87. The molecule has 3 aliphatic rings. The molecule has 0 spiro atoms. The highest BCUT2D eigenvalue weighted by Gasteiger charge is 2.44. The number of benzene rings is 1. The van der Waals surface area contributed by atoms with Crippen molar-refractivity contribution >= 4 is 5.69 Å². The zero-order chi connectivity index (χ0) is 15.1. The van der Waals surface area contributed by atoms with Crippen LogP contribution in [0.2, 0.25) is 0 Å². The van der Waals surface area contributed by atoms with Crippen LogP contribution in [0.15, 0.2) is 24.3 Å². The third-order valence-corrected chi connectivity index (χ3v) is 5.77. The van der Waals surface area contributed by atoms with E-state index in [0.29, 0.717) is 18.1 Å². The number of piperidine rings is 2. The molecule has 4 heteroatoms. The summed E-state index contributed by atoms with van der Waals surface area (Å²) in [5.74, 6) is -0.166. The smallest absolute Gasteiger partial charge is 0.123 e. The van der Waals surface area contributed by atoms with E-state index in [1.54, 1.807) is 12.1 Å². The van der Waals surface area contributed by atoms with Crippen molar-refractivity contribution in [3.05, 3.63) is 30.1 Å². The number of aliphatic hydroxyl groups excluding tert-OH is 1. The molecule has 2 unspecified atom stereocenters. The zero-order valence-electron chi connectivity index (χ0n) is 13.0. The number of rotatable bonds is 2. The maximum absolute atomic E-state index is 13.1. The summed E-state index contributed by atoms with van der Waals surface area (Å²) in [6.07, 6.45) is 6.74. The number of halogens is 1. The SMILES string of the molecule is OC1CC2CCC(C1)N2[C@H]1CCCN(c2ccc(F)cc2)C1. The van der Waals surface area contributed by atoms with Gasteiger partial charge in [0.15, 0.2) is 0 Å². The van der Waals surface area contributed by atoms with Crippen molar-refractivity contribution in [1.29, 1.82) is 0 Å². The highest BCUT2D eigenvalue weighted by Crippen LogP contribution is 2.39. The van der Waals surface area contributed by atoms with E-state index >= 15 is 0 Å². The van der Waals surface area contributed by atoms with Crippen LogP contribution in [0.5, 0.6) is 0 Å². The second kappa shape index (κ2) is 5.82. The Morgan fingerprint density at radius 3 is 2.32 bits per heavy atom. The molecule has 4 rings (SSSR count). The van der Waals surface area contributed by atoms with Gasteiger partial charge in [0.05, 0.1) is 6.10 Å². The van der Waals surface area contributed by atoms with Gasteiger partial charge in [-0.2, -0.15) is 0 Å². The van der Waals surface area contributed by atoms with Crippen LogP contribution in [-0.2, 0) is 0 Å².